The quantitative estimate of drug-likeness (QED) is 0.0869. The van der Waals surface area contributed by atoms with Crippen LogP contribution in [0.5, 0.6) is 0 Å². The number of hydrogen-bond donors (Lipinski definition) is 0. The third-order valence-corrected chi connectivity index (χ3v) is 13.2. The van der Waals surface area contributed by atoms with Crippen molar-refractivity contribution in [2.75, 3.05) is 0 Å². The molecule has 0 unspecified atom stereocenters. The van der Waals surface area contributed by atoms with Crippen LogP contribution >= 0.6 is 0 Å². The van der Waals surface area contributed by atoms with Crippen LogP contribution in [0.2, 0.25) is 5.04 Å². The highest BCUT2D eigenvalue weighted by Crippen LogP contribution is 2.40. The maximum Gasteiger partial charge on any atom is 0.264 e. The van der Waals surface area contributed by atoms with E-state index in [0.717, 1.165) is 26.7 Å². The lowest BCUT2D eigenvalue weighted by molar-refractivity contribution is -0.205. The van der Waals surface area contributed by atoms with E-state index in [9.17, 15) is 11.1 Å². The van der Waals surface area contributed by atoms with Gasteiger partial charge in [-0.1, -0.05) is 134 Å². The highest BCUT2D eigenvalue weighted by atomic mass is 28.4. The molecule has 4 aromatic carbocycles. The van der Waals surface area contributed by atoms with E-state index in [1.807, 2.05) is 73.7 Å². The fraction of sp³-hybridized carbons (Fsp3) is 0.333. The highest BCUT2D eigenvalue weighted by Gasteiger charge is 2.55. The summed E-state index contributed by atoms with van der Waals surface area (Å²) >= 11 is 0. The number of rotatable bonds is 9. The van der Waals surface area contributed by atoms with Crippen molar-refractivity contribution in [2.45, 2.75) is 69.9 Å². The summed E-state index contributed by atoms with van der Waals surface area (Å²) in [5.74, 6) is 0. The van der Waals surface area contributed by atoms with E-state index in [1.54, 1.807) is 0 Å². The molecule has 1 aliphatic rings. The van der Waals surface area contributed by atoms with Crippen molar-refractivity contribution in [2.24, 2.45) is 10.2 Å². The van der Waals surface area contributed by atoms with Gasteiger partial charge in [0.1, 0.15) is 6.04 Å². The molecule has 9 nitrogen and oxygen atoms in total. The first-order valence-corrected chi connectivity index (χ1v) is 16.3. The van der Waals surface area contributed by atoms with Crippen LogP contribution in [-0.4, -0.2) is 38.9 Å². The van der Waals surface area contributed by atoms with Gasteiger partial charge < -0.3 is 13.9 Å². The van der Waals surface area contributed by atoms with Crippen molar-refractivity contribution in [3.05, 3.63) is 130 Å². The zero-order chi connectivity index (χ0) is 30.5. The van der Waals surface area contributed by atoms with Crippen molar-refractivity contribution in [1.29, 1.82) is 0 Å². The largest absolute Gasteiger partial charge is 0.382 e. The molecule has 4 aromatic rings. The van der Waals surface area contributed by atoms with Crippen molar-refractivity contribution in [3.8, 4) is 0 Å². The van der Waals surface area contributed by atoms with E-state index < -0.39 is 38.9 Å². The van der Waals surface area contributed by atoms with E-state index in [1.165, 1.54) is 0 Å². The molecule has 0 saturated carbocycles. The number of hydrogen-bond acceptors (Lipinski definition) is 5. The van der Waals surface area contributed by atoms with Gasteiger partial charge in [0.15, 0.2) is 6.29 Å². The van der Waals surface area contributed by atoms with Gasteiger partial charge in [0, 0.05) is 9.82 Å². The first-order valence-electron chi connectivity index (χ1n) is 14.4. The minimum atomic E-state index is -3.10. The Morgan fingerprint density at radius 1 is 0.767 bits per heavy atom. The third kappa shape index (κ3) is 6.03. The minimum Gasteiger partial charge on any atom is -0.382 e. The maximum atomic E-state index is 9.75. The minimum absolute atomic E-state index is 0.222. The zero-order valence-corrected chi connectivity index (χ0v) is 25.8. The van der Waals surface area contributed by atoms with Gasteiger partial charge in [-0.25, -0.2) is 0 Å². The molecule has 0 spiro atoms. The second-order valence-electron chi connectivity index (χ2n) is 11.8. The average molecular weight is 593 g/mol. The van der Waals surface area contributed by atoms with Crippen LogP contribution in [0.15, 0.2) is 113 Å². The topological polar surface area (TPSA) is 125 Å². The molecule has 1 saturated heterocycles. The number of benzene rings is 4. The normalized spacial score (nSPS) is 22.4. The molecule has 1 fully saturated rings. The van der Waals surface area contributed by atoms with E-state index in [4.69, 9.17) is 13.9 Å². The van der Waals surface area contributed by atoms with E-state index in [2.05, 4.69) is 77.2 Å². The number of fused-ring (bicyclic) bond motifs is 1. The monoisotopic (exact) mass is 592 g/mol. The molecule has 5 atom stereocenters. The van der Waals surface area contributed by atoms with Gasteiger partial charge >= 0.3 is 0 Å². The predicted molar refractivity (Wildman–Crippen MR) is 171 cm³/mol. The summed E-state index contributed by atoms with van der Waals surface area (Å²) < 4.78 is 20.3. The summed E-state index contributed by atoms with van der Waals surface area (Å²) in [6.45, 7) is 8.57. The molecule has 0 bridgehead atoms. The SMILES string of the molecule is C[C@H]1O[C@@H](O[Si](c2ccccc2)(c2ccccc2)C(C)(C)C)[C@H](N=[N+]=[N-])[C@@H](OCc2cccc3ccccc23)[C@@H]1N=[N+]=[N-]. The van der Waals surface area contributed by atoms with E-state index in [0.29, 0.717) is 0 Å². The predicted octanol–water partition coefficient (Wildman–Crippen LogP) is 7.40. The Labute approximate surface area is 252 Å². The lowest BCUT2D eigenvalue weighted by Gasteiger charge is -2.49. The average Bonchev–Trinajstić information content (AvgIpc) is 3.01. The van der Waals surface area contributed by atoms with Crippen molar-refractivity contribution in [3.63, 3.8) is 0 Å². The molecule has 0 aromatic heterocycles. The fourth-order valence-electron chi connectivity index (χ4n) is 6.16. The highest BCUT2D eigenvalue weighted by molar-refractivity contribution is 6.99. The number of azide groups is 2. The summed E-state index contributed by atoms with van der Waals surface area (Å²) in [5.41, 5.74) is 20.2. The smallest absolute Gasteiger partial charge is 0.264 e. The molecule has 1 heterocycles. The van der Waals surface area contributed by atoms with Gasteiger partial charge in [0.2, 0.25) is 0 Å². The number of ether oxygens (including phenoxy) is 2. The zero-order valence-electron chi connectivity index (χ0n) is 24.8. The van der Waals surface area contributed by atoms with Gasteiger partial charge in [0.05, 0.1) is 24.9 Å². The summed E-state index contributed by atoms with van der Waals surface area (Å²) in [4.78, 5) is 6.28. The second-order valence-corrected chi connectivity index (χ2v) is 16.0. The molecule has 43 heavy (non-hydrogen) atoms. The van der Waals surface area contributed by atoms with Crippen LogP contribution in [0.4, 0.5) is 0 Å². The van der Waals surface area contributed by atoms with Crippen LogP contribution in [-0.2, 0) is 20.5 Å². The van der Waals surface area contributed by atoms with Crippen LogP contribution in [0.1, 0.15) is 33.3 Å². The van der Waals surface area contributed by atoms with Gasteiger partial charge in [-0.2, -0.15) is 0 Å². The first-order chi connectivity index (χ1) is 20.8. The molecule has 220 valence electrons. The van der Waals surface area contributed by atoms with Gasteiger partial charge in [-0.3, -0.25) is 0 Å². The maximum absolute atomic E-state index is 9.75. The lowest BCUT2D eigenvalue weighted by Crippen LogP contribution is -2.70. The summed E-state index contributed by atoms with van der Waals surface area (Å²) in [6, 6.07) is 32.9. The van der Waals surface area contributed by atoms with Crippen LogP contribution < -0.4 is 10.4 Å². The van der Waals surface area contributed by atoms with Crippen LogP contribution in [0, 0.1) is 0 Å². The molecule has 10 heteroatoms. The Kier molecular flexibility index (Phi) is 9.18. The third-order valence-electron chi connectivity index (χ3n) is 8.17. The Morgan fingerprint density at radius 3 is 1.93 bits per heavy atom. The summed E-state index contributed by atoms with van der Waals surface area (Å²) in [6.07, 6.45) is -2.32. The van der Waals surface area contributed by atoms with Gasteiger partial charge in [0.25, 0.3) is 8.32 Å². The molecule has 0 N–H and O–H groups in total. The lowest BCUT2D eigenvalue weighted by atomic mass is 9.96. The Hall–Kier alpha value is -4.14. The van der Waals surface area contributed by atoms with E-state index in [-0.39, 0.29) is 11.6 Å². The molecule has 1 aliphatic heterocycles. The first kappa shape index (κ1) is 30.3. The molecule has 0 radical (unpaired) electrons. The molecule has 0 amide bonds. The summed E-state index contributed by atoms with van der Waals surface area (Å²) in [7, 11) is -3.10. The molecule has 5 rings (SSSR count). The fourth-order valence-corrected chi connectivity index (χ4v) is 10.7. The van der Waals surface area contributed by atoms with Crippen molar-refractivity contribution in [1.82, 2.24) is 0 Å². The van der Waals surface area contributed by atoms with E-state index >= 15 is 0 Å². The second kappa shape index (κ2) is 13.0. The Morgan fingerprint density at radius 2 is 1.33 bits per heavy atom. The Balaban J connectivity index is 1.59. The van der Waals surface area contributed by atoms with Crippen molar-refractivity contribution >= 4 is 29.5 Å². The molecular formula is C33H36N6O3Si. The standard InChI is InChI=1S/C33H36N6O3Si/c1-23-29(36-38-34)31(40-22-25-16-13-15-24-14-11-12-21-28(24)25)30(37-39-35)32(41-23)42-43(33(2,3)4,26-17-7-5-8-18-26)27-19-9-6-10-20-27/h5-21,23,29-32H,22H2,1-4H3/t23-,29-,30-,31+,32+/m1/s1. The molecular weight excluding hydrogens is 556 g/mol. The van der Waals surface area contributed by atoms with Gasteiger partial charge in [-0.15, -0.1) is 0 Å². The Bertz CT molecular complexity index is 1590. The molecule has 0 aliphatic carbocycles. The van der Waals surface area contributed by atoms with Crippen LogP contribution in [0.25, 0.3) is 31.7 Å². The summed E-state index contributed by atoms with van der Waals surface area (Å²) in [5, 5.41) is 12.2. The van der Waals surface area contributed by atoms with Crippen molar-refractivity contribution < 1.29 is 13.9 Å². The van der Waals surface area contributed by atoms with Gasteiger partial charge in [-0.05, 0) is 49.7 Å². The van der Waals surface area contributed by atoms with Crippen LogP contribution in [0.3, 0.4) is 0 Å². The number of nitrogens with zero attached hydrogens (tertiary/aromatic N) is 6.